The van der Waals surface area contributed by atoms with Gasteiger partial charge in [0.2, 0.25) is 0 Å². The fraction of sp³-hybridized carbons (Fsp3) is 0.558. The normalized spacial score (nSPS) is 40.7. The smallest absolute Gasteiger partial charge is 0.174 e. The third-order valence-corrected chi connectivity index (χ3v) is 19.3. The maximum atomic E-state index is 12.7. The van der Waals surface area contributed by atoms with E-state index in [1.807, 2.05) is 30.4 Å². The minimum atomic E-state index is -5.17. The first kappa shape index (κ1) is 48.8. The molecule has 3 spiro atoms. The molecule has 1 saturated carbocycles. The molecule has 15 rings (SSSR count). The minimum absolute atomic E-state index is 0. The number of methoxy groups -OCH3 is 1. The van der Waals surface area contributed by atoms with Crippen molar-refractivity contribution in [1.82, 2.24) is 4.90 Å². The second kappa shape index (κ2) is 16.5. The van der Waals surface area contributed by atoms with E-state index >= 15 is 0 Å². The summed E-state index contributed by atoms with van der Waals surface area (Å²) in [5, 5.41) is 53.1. The van der Waals surface area contributed by atoms with Gasteiger partial charge in [-0.05, 0) is 67.7 Å². The average Bonchev–Trinajstić information content (AvgIpc) is 3.99. The zero-order chi connectivity index (χ0) is 49.2. The molecule has 4 fully saturated rings. The molecule has 0 amide bonds. The molecule has 382 valence electrons. The van der Waals surface area contributed by atoms with Gasteiger partial charge in [0, 0.05) is 77.1 Å². The van der Waals surface area contributed by atoms with E-state index in [2.05, 4.69) is 44.3 Å². The molecule has 7 N–H and O–H groups in total. The largest absolute Gasteiger partial charge is 0.759 e. The zero-order valence-electron chi connectivity index (χ0n) is 40.0. The van der Waals surface area contributed by atoms with Gasteiger partial charge in [0.05, 0.1) is 68.2 Å². The van der Waals surface area contributed by atoms with Crippen molar-refractivity contribution in [1.29, 1.82) is 0 Å². The van der Waals surface area contributed by atoms with Crippen LogP contribution in [0.1, 0.15) is 65.5 Å². The topological polar surface area (TPSA) is 248 Å². The Balaban J connectivity index is 0.000000110. The molecule has 3 aromatic rings. The van der Waals surface area contributed by atoms with E-state index in [9.17, 15) is 30.3 Å². The number of phenols is 2. The van der Waals surface area contributed by atoms with E-state index in [-0.39, 0.29) is 58.8 Å². The molecule has 0 radical (unpaired) electrons. The maximum Gasteiger partial charge on any atom is 0.174 e. The second-order valence-corrected chi connectivity index (χ2v) is 22.8. The molecular weight excluding hydrogens is 958 g/mol. The number of likely N-dealkylation sites (tertiary alicyclic amines) is 3. The van der Waals surface area contributed by atoms with Crippen LogP contribution in [0.2, 0.25) is 0 Å². The van der Waals surface area contributed by atoms with Gasteiger partial charge in [0.15, 0.2) is 46.4 Å². The Hall–Kier alpha value is -4.47. The Morgan fingerprint density at radius 2 is 1.21 bits per heavy atom. The highest BCUT2D eigenvalue weighted by molar-refractivity contribution is 7.79. The van der Waals surface area contributed by atoms with Crippen molar-refractivity contribution < 1.29 is 76.6 Å². The number of piperidine rings is 3. The number of nitrogens with zero attached hydrogens (tertiary/aromatic N) is 1. The van der Waals surface area contributed by atoms with E-state index in [0.29, 0.717) is 59.8 Å². The van der Waals surface area contributed by atoms with Crippen molar-refractivity contribution in [3.05, 3.63) is 94.1 Å². The predicted octanol–water partition coefficient (Wildman–Crippen LogP) is -0.306. The zero-order valence-corrected chi connectivity index (χ0v) is 41.6. The van der Waals surface area contributed by atoms with Crippen LogP contribution in [0.3, 0.4) is 0 Å². The van der Waals surface area contributed by atoms with Crippen LogP contribution in [0, 0.1) is 11.8 Å². The number of ketones is 1. The standard InChI is InChI=1S/C18H21NO4.2C17H19NO3.ClH.H2O4S/c1-19-8-7-17-14-10-3-4-12(22-2)15(14)23-16(17)11(20)5-6-18(17,21)13(19)9-10;2*1-18-7-6-17-10-3-5-13(20)16(17)21-15-12(19)4-2-9(14(15)17)8-11(10)18;;1-5(2,3)4/h3-4,13,16,21H,5-9H2,1-2H3;2*2-5,10-11,13,16,19-20H,6-8H2,1H3;1H;(H2,1,2,3,4)/t13-,16?,17+,18-;2*10-,11+,13-,16?,17-;;/m111../s1. The number of aromatic hydroxyl groups is 2. The number of hydrogen-bond donors (Lipinski definition) is 7. The number of aliphatic hydroxyl groups excluding tert-OH is 2. The van der Waals surface area contributed by atoms with Gasteiger partial charge in [-0.1, -0.05) is 42.5 Å². The Bertz CT molecular complexity index is 2780. The fourth-order valence-electron chi connectivity index (χ4n) is 16.5. The Kier molecular flexibility index (Phi) is 11.3. The van der Waals surface area contributed by atoms with Crippen LogP contribution in [0.25, 0.3) is 0 Å². The predicted molar refractivity (Wildman–Crippen MR) is 254 cm³/mol. The van der Waals surface area contributed by atoms with Gasteiger partial charge in [-0.15, -0.1) is 12.4 Å². The third-order valence-electron chi connectivity index (χ3n) is 19.3. The van der Waals surface area contributed by atoms with Gasteiger partial charge in [-0.3, -0.25) is 13.2 Å². The van der Waals surface area contributed by atoms with Crippen molar-refractivity contribution in [3.8, 4) is 34.5 Å². The van der Waals surface area contributed by atoms with E-state index in [1.54, 1.807) is 29.0 Å². The van der Waals surface area contributed by atoms with Crippen LogP contribution in [-0.2, 0) is 50.7 Å². The number of quaternary nitrogens is 2. The van der Waals surface area contributed by atoms with Gasteiger partial charge >= 0.3 is 0 Å². The Morgan fingerprint density at radius 3 is 1.72 bits per heavy atom. The summed E-state index contributed by atoms with van der Waals surface area (Å²) in [7, 11) is 3.07. The lowest BCUT2D eigenvalue weighted by Crippen LogP contribution is -3.16. The number of carbonyl (C=O) groups excluding carboxylic acids is 1. The van der Waals surface area contributed by atoms with Crippen LogP contribution >= 0.6 is 12.4 Å². The number of phenolic OH excluding ortho intramolecular Hbond substituents is 2. The molecule has 6 aliphatic heterocycles. The molecule has 3 aromatic carbocycles. The molecule has 19 heteroatoms. The molecule has 6 bridgehead atoms. The van der Waals surface area contributed by atoms with Crippen LogP contribution in [-0.4, -0.2) is 156 Å². The highest BCUT2D eigenvalue weighted by Crippen LogP contribution is 2.66. The molecule has 12 aliphatic rings. The van der Waals surface area contributed by atoms with Crippen molar-refractivity contribution >= 4 is 28.6 Å². The number of Topliss-reactive ketones (excluding diaryl/α,β-unsaturated/α-hetero) is 1. The molecule has 0 aromatic heterocycles. The van der Waals surface area contributed by atoms with Crippen molar-refractivity contribution in [2.75, 3.05) is 47.9 Å². The van der Waals surface area contributed by atoms with Gasteiger partial charge in [0.25, 0.3) is 0 Å². The summed E-state index contributed by atoms with van der Waals surface area (Å²) in [5.41, 5.74) is 5.43. The van der Waals surface area contributed by atoms with Crippen LogP contribution in [0.5, 0.6) is 34.5 Å². The maximum absolute atomic E-state index is 12.7. The van der Waals surface area contributed by atoms with Crippen LogP contribution in [0.15, 0.2) is 60.7 Å². The van der Waals surface area contributed by atoms with Crippen LogP contribution < -0.4 is 28.7 Å². The first-order valence-corrected chi connectivity index (χ1v) is 26.0. The fourth-order valence-corrected chi connectivity index (χ4v) is 16.5. The number of carbonyl (C=O) groups is 1. The summed E-state index contributed by atoms with van der Waals surface area (Å²) < 4.78 is 57.9. The Morgan fingerprint density at radius 1 is 0.718 bits per heavy atom. The second-order valence-electron chi connectivity index (χ2n) is 22.0. The summed E-state index contributed by atoms with van der Waals surface area (Å²) in [6, 6.07) is 12.7. The molecule has 17 nitrogen and oxygen atoms in total. The van der Waals surface area contributed by atoms with E-state index in [0.717, 1.165) is 63.7 Å². The highest BCUT2D eigenvalue weighted by Gasteiger charge is 2.73. The lowest BCUT2D eigenvalue weighted by atomic mass is 9.49. The summed E-state index contributed by atoms with van der Waals surface area (Å²) in [4.78, 5) is 18.0. The number of aliphatic hydroxyl groups is 3. The number of nitrogens with one attached hydrogen (secondary N) is 2. The summed E-state index contributed by atoms with van der Waals surface area (Å²) in [5.74, 6) is 3.95. The van der Waals surface area contributed by atoms with E-state index in [1.165, 1.54) is 27.8 Å². The number of hydrogen-bond acceptors (Lipinski definition) is 15. The van der Waals surface area contributed by atoms with E-state index < -0.39 is 39.7 Å². The Labute approximate surface area is 418 Å². The molecule has 5 unspecified atom stereocenters. The molecule has 3 saturated heterocycles. The summed E-state index contributed by atoms with van der Waals surface area (Å²) in [6.45, 7) is 3.06. The average molecular weight is 1020 g/mol. The number of benzene rings is 3. The summed E-state index contributed by atoms with van der Waals surface area (Å²) >= 11 is 0. The third kappa shape index (κ3) is 6.51. The quantitative estimate of drug-likeness (QED) is 0.0940. The number of ether oxygens (including phenoxy) is 4. The molecule has 6 aliphatic carbocycles. The van der Waals surface area contributed by atoms with Crippen molar-refractivity contribution in [2.45, 2.75) is 122 Å². The molecule has 6 heterocycles. The minimum Gasteiger partial charge on any atom is -0.759 e. The molecular formula is C52H62ClN3O14S. The number of rotatable bonds is 1. The molecule has 71 heavy (non-hydrogen) atoms. The lowest BCUT2D eigenvalue weighted by Gasteiger charge is -2.62. The van der Waals surface area contributed by atoms with Crippen LogP contribution in [0.4, 0.5) is 0 Å². The highest BCUT2D eigenvalue weighted by atomic mass is 35.5. The summed E-state index contributed by atoms with van der Waals surface area (Å²) in [6.07, 6.45) is 12.5. The molecule has 16 atom stereocenters. The monoisotopic (exact) mass is 1020 g/mol. The number of halogens is 1. The van der Waals surface area contributed by atoms with Gasteiger partial charge in [0.1, 0.15) is 24.4 Å². The SMILES string of the molecule is COc1ccc2c3c1OC1C(=O)CC[C@@]4(O)[C@@H](C2)N(C)CC[C@]314.C[NH+]1CC[C@@]23c4c5ccc(O)c4OC2[C@H](O)C=C[C@@H]3[C@@H]1C5.C[NH+]1CC[C@@]23c4c5ccc(O)c4OC2[C@H](O)C=C[C@@H]3[C@@H]1C5.Cl.O=S(=O)([O-])[O-]. The lowest BCUT2D eigenvalue weighted by molar-refractivity contribution is -0.917. The van der Waals surface area contributed by atoms with E-state index in [4.69, 9.17) is 36.5 Å². The first-order chi connectivity index (χ1) is 33.3. The first-order valence-electron chi connectivity index (χ1n) is 24.7. The van der Waals surface area contributed by atoms with Crippen molar-refractivity contribution in [3.63, 3.8) is 0 Å². The van der Waals surface area contributed by atoms with Gasteiger partial charge < -0.3 is 68.3 Å². The van der Waals surface area contributed by atoms with Crippen molar-refractivity contribution in [2.24, 2.45) is 11.8 Å². The van der Waals surface area contributed by atoms with Gasteiger partial charge in [-0.25, -0.2) is 0 Å². The van der Waals surface area contributed by atoms with Gasteiger partial charge in [-0.2, -0.15) is 0 Å². The number of likely N-dealkylation sites (N-methyl/N-ethyl adjacent to an activating group) is 3.